The second-order valence-corrected chi connectivity index (χ2v) is 4.94. The first kappa shape index (κ1) is 10.8. The molecule has 0 spiro atoms. The van der Waals surface area contributed by atoms with Crippen LogP contribution in [0.15, 0.2) is 16.9 Å². The molecule has 1 aliphatic rings. The summed E-state index contributed by atoms with van der Waals surface area (Å²) in [5, 5.41) is 0. The molecule has 2 N–H and O–H groups in total. The van der Waals surface area contributed by atoms with Crippen LogP contribution in [0.4, 0.5) is 5.95 Å². The van der Waals surface area contributed by atoms with Crippen LogP contribution in [0.5, 0.6) is 0 Å². The van der Waals surface area contributed by atoms with Gasteiger partial charge < -0.3 is 10.6 Å². The fourth-order valence-electron chi connectivity index (χ4n) is 1.96. The summed E-state index contributed by atoms with van der Waals surface area (Å²) < 4.78 is 0.910. The molecule has 1 aliphatic heterocycles. The van der Waals surface area contributed by atoms with Crippen LogP contribution < -0.4 is 10.6 Å². The zero-order chi connectivity index (χ0) is 10.8. The second kappa shape index (κ2) is 4.45. The first-order chi connectivity index (χ1) is 7.16. The van der Waals surface area contributed by atoms with Gasteiger partial charge in [0.15, 0.2) is 0 Å². The van der Waals surface area contributed by atoms with Crippen LogP contribution in [0.3, 0.4) is 0 Å². The van der Waals surface area contributed by atoms with Crippen molar-refractivity contribution in [3.8, 4) is 0 Å². The molecule has 1 saturated heterocycles. The largest absolute Gasteiger partial charge is 0.338 e. The molecule has 0 saturated carbocycles. The van der Waals surface area contributed by atoms with Crippen molar-refractivity contribution in [3.63, 3.8) is 0 Å². The van der Waals surface area contributed by atoms with Gasteiger partial charge in [0.05, 0.1) is 4.47 Å². The molecule has 1 fully saturated rings. The van der Waals surface area contributed by atoms with E-state index in [1.165, 1.54) is 0 Å². The maximum absolute atomic E-state index is 5.91. The molecule has 0 aromatic carbocycles. The van der Waals surface area contributed by atoms with Gasteiger partial charge in [-0.2, -0.15) is 0 Å². The predicted molar refractivity (Wildman–Crippen MR) is 63.7 cm³/mol. The lowest BCUT2D eigenvalue weighted by atomic mass is 10.00. The minimum Gasteiger partial charge on any atom is -0.338 e. The number of halogens is 1. The Morgan fingerprint density at radius 2 is 2.13 bits per heavy atom. The van der Waals surface area contributed by atoms with Gasteiger partial charge >= 0.3 is 0 Å². The number of hydrogen-bond acceptors (Lipinski definition) is 4. The fraction of sp³-hybridized carbons (Fsp3) is 0.600. The summed E-state index contributed by atoms with van der Waals surface area (Å²) in [6, 6.07) is 0.752. The highest BCUT2D eigenvalue weighted by Crippen LogP contribution is 2.21. The van der Waals surface area contributed by atoms with Crippen LogP contribution in [-0.4, -0.2) is 28.6 Å². The molecule has 5 heteroatoms. The number of rotatable bonds is 1. The van der Waals surface area contributed by atoms with E-state index in [2.05, 4.69) is 37.7 Å². The maximum Gasteiger partial charge on any atom is 0.225 e. The van der Waals surface area contributed by atoms with Crippen LogP contribution in [0.1, 0.15) is 19.8 Å². The van der Waals surface area contributed by atoms with Crippen molar-refractivity contribution in [3.05, 3.63) is 16.9 Å². The Kier molecular flexibility index (Phi) is 3.21. The monoisotopic (exact) mass is 270 g/mol. The Morgan fingerprint density at radius 3 is 2.73 bits per heavy atom. The van der Waals surface area contributed by atoms with Gasteiger partial charge in [-0.05, 0) is 35.7 Å². The summed E-state index contributed by atoms with van der Waals surface area (Å²) in [6.45, 7) is 3.12. The number of piperidine rings is 1. The highest BCUT2D eigenvalue weighted by Gasteiger charge is 2.24. The molecule has 2 heterocycles. The smallest absolute Gasteiger partial charge is 0.225 e. The van der Waals surface area contributed by atoms with Gasteiger partial charge in [0, 0.05) is 31.0 Å². The van der Waals surface area contributed by atoms with E-state index in [0.29, 0.717) is 12.1 Å². The zero-order valence-corrected chi connectivity index (χ0v) is 10.3. The summed E-state index contributed by atoms with van der Waals surface area (Å²) in [5.74, 6) is 0.803. The molecule has 0 radical (unpaired) electrons. The molecule has 15 heavy (non-hydrogen) atoms. The normalized spacial score (nSPS) is 26.7. The number of nitrogens with two attached hydrogens (primary N) is 1. The Balaban J connectivity index is 2.13. The second-order valence-electron chi connectivity index (χ2n) is 4.03. The highest BCUT2D eigenvalue weighted by atomic mass is 79.9. The minimum absolute atomic E-state index is 0.326. The van der Waals surface area contributed by atoms with Gasteiger partial charge in [0.25, 0.3) is 0 Å². The zero-order valence-electron chi connectivity index (χ0n) is 8.73. The van der Waals surface area contributed by atoms with E-state index < -0.39 is 0 Å². The van der Waals surface area contributed by atoms with Crippen molar-refractivity contribution in [2.75, 3.05) is 11.4 Å². The van der Waals surface area contributed by atoms with Crippen molar-refractivity contribution in [1.29, 1.82) is 0 Å². The number of anilines is 1. The van der Waals surface area contributed by atoms with Gasteiger partial charge in [-0.3, -0.25) is 0 Å². The fourth-order valence-corrected chi connectivity index (χ4v) is 2.16. The Morgan fingerprint density at radius 1 is 1.47 bits per heavy atom. The van der Waals surface area contributed by atoms with Crippen molar-refractivity contribution >= 4 is 21.9 Å². The number of hydrogen-bond donors (Lipinski definition) is 1. The lowest BCUT2D eigenvalue weighted by molar-refractivity contribution is 0.424. The third-order valence-electron chi connectivity index (χ3n) is 2.78. The van der Waals surface area contributed by atoms with Gasteiger partial charge in [0.1, 0.15) is 0 Å². The lowest BCUT2D eigenvalue weighted by Gasteiger charge is -2.36. The topological polar surface area (TPSA) is 55.0 Å². The first-order valence-electron chi connectivity index (χ1n) is 5.16. The van der Waals surface area contributed by atoms with Gasteiger partial charge in [-0.15, -0.1) is 0 Å². The van der Waals surface area contributed by atoms with Crippen molar-refractivity contribution in [2.24, 2.45) is 5.73 Å². The lowest BCUT2D eigenvalue weighted by Crippen LogP contribution is -2.46. The molecule has 0 aliphatic carbocycles. The van der Waals surface area contributed by atoms with Gasteiger partial charge in [-0.1, -0.05) is 0 Å². The molecule has 1 aromatic heterocycles. The summed E-state index contributed by atoms with van der Waals surface area (Å²) in [4.78, 5) is 10.8. The number of nitrogens with zero attached hydrogens (tertiary/aromatic N) is 3. The van der Waals surface area contributed by atoms with E-state index >= 15 is 0 Å². The Labute approximate surface area is 98.0 Å². The van der Waals surface area contributed by atoms with Crippen molar-refractivity contribution in [1.82, 2.24) is 9.97 Å². The van der Waals surface area contributed by atoms with Gasteiger partial charge in [-0.25, -0.2) is 9.97 Å². The quantitative estimate of drug-likeness (QED) is 0.842. The predicted octanol–water partition coefficient (Wildman–Crippen LogP) is 1.56. The maximum atomic E-state index is 5.91. The van der Waals surface area contributed by atoms with Crippen molar-refractivity contribution in [2.45, 2.75) is 31.8 Å². The first-order valence-corrected chi connectivity index (χ1v) is 5.96. The molecule has 0 bridgehead atoms. The molecule has 2 rings (SSSR count). The van der Waals surface area contributed by atoms with Crippen LogP contribution in [-0.2, 0) is 0 Å². The molecule has 4 nitrogen and oxygen atoms in total. The van der Waals surface area contributed by atoms with Crippen LogP contribution in [0.25, 0.3) is 0 Å². The van der Waals surface area contributed by atoms with Crippen LogP contribution in [0, 0.1) is 0 Å². The summed E-state index contributed by atoms with van der Waals surface area (Å²) in [6.07, 6.45) is 5.59. The molecule has 2 atom stereocenters. The SMILES string of the molecule is CC1CC(N)CCN1c1ncc(Br)cn1. The summed E-state index contributed by atoms with van der Waals surface area (Å²) in [5.41, 5.74) is 5.91. The average molecular weight is 271 g/mol. The van der Waals surface area contributed by atoms with E-state index in [-0.39, 0.29) is 0 Å². The van der Waals surface area contributed by atoms with E-state index in [0.717, 1.165) is 29.8 Å². The van der Waals surface area contributed by atoms with E-state index in [1.54, 1.807) is 12.4 Å². The molecule has 1 aromatic rings. The third kappa shape index (κ3) is 2.46. The standard InChI is InChI=1S/C10H15BrN4/c1-7-4-9(12)2-3-15(7)10-13-5-8(11)6-14-10/h5-7,9H,2-4,12H2,1H3. The van der Waals surface area contributed by atoms with Crippen molar-refractivity contribution < 1.29 is 0 Å². The van der Waals surface area contributed by atoms with E-state index in [9.17, 15) is 0 Å². The number of aromatic nitrogens is 2. The molecular formula is C10H15BrN4. The third-order valence-corrected chi connectivity index (χ3v) is 3.19. The van der Waals surface area contributed by atoms with Crippen LogP contribution in [0.2, 0.25) is 0 Å². The molecular weight excluding hydrogens is 256 g/mol. The summed E-state index contributed by atoms with van der Waals surface area (Å²) >= 11 is 3.33. The average Bonchev–Trinajstić information content (AvgIpc) is 2.20. The summed E-state index contributed by atoms with van der Waals surface area (Å²) in [7, 11) is 0. The molecule has 2 unspecified atom stereocenters. The highest BCUT2D eigenvalue weighted by molar-refractivity contribution is 9.10. The molecule has 0 amide bonds. The van der Waals surface area contributed by atoms with E-state index in [1.807, 2.05) is 0 Å². The van der Waals surface area contributed by atoms with Crippen LogP contribution >= 0.6 is 15.9 Å². The Hall–Kier alpha value is -0.680. The minimum atomic E-state index is 0.326. The van der Waals surface area contributed by atoms with Gasteiger partial charge in [0.2, 0.25) is 5.95 Å². The molecule has 82 valence electrons. The Bertz CT molecular complexity index is 327. The van der Waals surface area contributed by atoms with E-state index in [4.69, 9.17) is 5.73 Å².